The molecule has 0 bridgehead atoms. The van der Waals surface area contributed by atoms with E-state index in [1.54, 1.807) is 12.4 Å². The molecule has 7 rings (SSSR count). The Hall–Kier alpha value is -4.54. The molecule has 0 radical (unpaired) electrons. The van der Waals surface area contributed by atoms with Crippen LogP contribution in [0.1, 0.15) is 92.2 Å². The van der Waals surface area contributed by atoms with E-state index < -0.39 is 5.89 Å². The number of hydrogen-bond donors (Lipinski definition) is 0. The Labute approximate surface area is 317 Å². The third-order valence-electron chi connectivity index (χ3n) is 9.44. The number of pyridine rings is 2. The first-order chi connectivity index (χ1) is 24.3. The third kappa shape index (κ3) is 7.30. The van der Waals surface area contributed by atoms with E-state index in [4.69, 9.17) is 11.1 Å². The molecule has 0 amide bonds. The fourth-order valence-corrected chi connectivity index (χ4v) is 6.48. The van der Waals surface area contributed by atoms with Gasteiger partial charge in [-0.25, -0.2) is 4.98 Å². The first-order valence-corrected chi connectivity index (χ1v) is 17.4. The van der Waals surface area contributed by atoms with Crippen molar-refractivity contribution in [3.63, 3.8) is 0 Å². The summed E-state index contributed by atoms with van der Waals surface area (Å²) in [4.78, 5) is 9.32. The quantitative estimate of drug-likeness (QED) is 0.113. The molecule has 0 unspecified atom stereocenters. The minimum Gasteiger partial charge on any atom is -0.508 e. The van der Waals surface area contributed by atoms with Crippen molar-refractivity contribution in [1.82, 2.24) is 19.1 Å². The molecule has 0 N–H and O–H groups in total. The van der Waals surface area contributed by atoms with Crippen molar-refractivity contribution in [1.29, 1.82) is 0 Å². The summed E-state index contributed by atoms with van der Waals surface area (Å²) < 4.78 is 21.2. The summed E-state index contributed by atoms with van der Waals surface area (Å²) in [6.07, 6.45) is 14.0. The Balaban J connectivity index is 0.00000464. The summed E-state index contributed by atoms with van der Waals surface area (Å²) in [6, 6.07) is 30.1. The first-order valence-electron chi connectivity index (χ1n) is 17.9. The number of ether oxygens (including phenoxy) is 1. The van der Waals surface area contributed by atoms with Gasteiger partial charge in [0.15, 0.2) is 0 Å². The van der Waals surface area contributed by atoms with Crippen molar-refractivity contribution in [3.8, 4) is 28.7 Å². The van der Waals surface area contributed by atoms with E-state index in [9.17, 15) is 0 Å². The van der Waals surface area contributed by atoms with Crippen LogP contribution in [0.4, 0.5) is 0 Å². The van der Waals surface area contributed by atoms with Crippen LogP contribution in [-0.4, -0.2) is 19.1 Å². The molecule has 3 aromatic carbocycles. The van der Waals surface area contributed by atoms with Crippen LogP contribution < -0.4 is 9.30 Å². The second kappa shape index (κ2) is 14.2. The second-order valence-electron chi connectivity index (χ2n) is 14.9. The summed E-state index contributed by atoms with van der Waals surface area (Å²) in [7, 11) is 0. The van der Waals surface area contributed by atoms with Gasteiger partial charge in [0.25, 0.3) is 6.33 Å². The molecular formula is C44H45N5OPt-2. The maximum atomic E-state index is 8.90. The number of benzene rings is 3. The van der Waals surface area contributed by atoms with Gasteiger partial charge in [-0.2, -0.15) is 6.07 Å². The summed E-state index contributed by atoms with van der Waals surface area (Å²) in [5, 5.41) is 2.23. The van der Waals surface area contributed by atoms with Crippen molar-refractivity contribution < 1.29 is 31.7 Å². The SMILES string of the molecule is [2H]C(CC)(CC)c1cccc(-[n+]2[c-]n(-c3[c-]c(Oc4[c-]c5c(cc4)c4cc(C(C)(C)C)ccc4n5-c4cc(C(C)(C)C)ccn4)cnc3)cc2)c1.[Pt]. The van der Waals surface area contributed by atoms with Crippen LogP contribution in [0.2, 0.25) is 0 Å². The Morgan fingerprint density at radius 2 is 1.61 bits per heavy atom. The number of aromatic nitrogens is 5. The zero-order chi connectivity index (χ0) is 36.1. The van der Waals surface area contributed by atoms with Gasteiger partial charge in [0.2, 0.25) is 0 Å². The van der Waals surface area contributed by atoms with Gasteiger partial charge < -0.3 is 18.9 Å². The van der Waals surface area contributed by atoms with Crippen LogP contribution in [0.3, 0.4) is 0 Å². The summed E-state index contributed by atoms with van der Waals surface area (Å²) >= 11 is 0. The van der Waals surface area contributed by atoms with Crippen molar-refractivity contribution in [2.45, 2.75) is 85.0 Å². The molecule has 4 heterocycles. The van der Waals surface area contributed by atoms with Crippen LogP contribution in [0, 0.1) is 18.5 Å². The molecule has 0 saturated carbocycles. The molecule has 0 aliphatic heterocycles. The van der Waals surface area contributed by atoms with E-state index in [1.807, 2.05) is 52.0 Å². The van der Waals surface area contributed by atoms with Gasteiger partial charge in [0.05, 0.1) is 5.69 Å². The van der Waals surface area contributed by atoms with Gasteiger partial charge in [-0.1, -0.05) is 91.4 Å². The predicted octanol–water partition coefficient (Wildman–Crippen LogP) is 10.3. The molecular weight excluding hydrogens is 810 g/mol. The maximum Gasteiger partial charge on any atom is 0.267 e. The summed E-state index contributed by atoms with van der Waals surface area (Å²) in [5.74, 6) is 1.25. The van der Waals surface area contributed by atoms with Gasteiger partial charge in [-0.3, -0.25) is 4.57 Å². The van der Waals surface area contributed by atoms with E-state index in [-0.39, 0.29) is 31.9 Å². The molecule has 0 saturated heterocycles. The topological polar surface area (TPSA) is 48.8 Å². The van der Waals surface area contributed by atoms with Gasteiger partial charge in [0.1, 0.15) is 5.82 Å². The Morgan fingerprint density at radius 3 is 2.35 bits per heavy atom. The molecule has 6 nitrogen and oxygen atoms in total. The standard InChI is InChI=1S/C44H45N5O.Pt/c1-9-30(10-2)31-12-11-13-34(22-31)47-20-21-48(29-47)35-25-37(28-45-27-35)50-36-15-16-38-39-23-32(43(3,4)5)14-17-40(39)49(41(38)26-36)42-24-33(18-19-46-42)44(6,7)8;/h11-24,27-28,30H,9-10H2,1-8H3;/q-2;/i30D;. The van der Waals surface area contributed by atoms with Crippen LogP contribution in [-0.2, 0) is 31.9 Å². The number of rotatable bonds is 8. The monoisotopic (exact) mass is 855 g/mol. The first kappa shape index (κ1) is 34.9. The van der Waals surface area contributed by atoms with E-state index in [2.05, 4.69) is 126 Å². The molecule has 0 aliphatic carbocycles. The molecule has 51 heavy (non-hydrogen) atoms. The van der Waals surface area contributed by atoms with E-state index in [0.29, 0.717) is 17.2 Å². The van der Waals surface area contributed by atoms with Crippen LogP contribution >= 0.6 is 0 Å². The van der Waals surface area contributed by atoms with Crippen LogP contribution in [0.25, 0.3) is 39.0 Å². The maximum absolute atomic E-state index is 8.90. The Morgan fingerprint density at radius 1 is 0.843 bits per heavy atom. The minimum absolute atomic E-state index is 0. The third-order valence-corrected chi connectivity index (χ3v) is 9.44. The van der Waals surface area contributed by atoms with Crippen molar-refractivity contribution in [3.05, 3.63) is 133 Å². The minimum atomic E-state index is -0.612. The molecule has 0 atom stereocenters. The molecule has 7 heteroatoms. The van der Waals surface area contributed by atoms with Crippen LogP contribution in [0.15, 0.2) is 97.7 Å². The molecule has 4 aromatic heterocycles. The van der Waals surface area contributed by atoms with Gasteiger partial charge in [0, 0.05) is 58.0 Å². The largest absolute Gasteiger partial charge is 0.508 e. The molecule has 0 aliphatic rings. The van der Waals surface area contributed by atoms with Crippen LogP contribution in [0.5, 0.6) is 11.5 Å². The predicted molar refractivity (Wildman–Crippen MR) is 201 cm³/mol. The fourth-order valence-electron chi connectivity index (χ4n) is 6.48. The Bertz CT molecular complexity index is 2380. The smallest absolute Gasteiger partial charge is 0.267 e. The second-order valence-corrected chi connectivity index (χ2v) is 14.9. The van der Waals surface area contributed by atoms with E-state index in [1.165, 1.54) is 11.1 Å². The van der Waals surface area contributed by atoms with Crippen molar-refractivity contribution in [2.24, 2.45) is 0 Å². The van der Waals surface area contributed by atoms with E-state index >= 15 is 0 Å². The number of fused-ring (bicyclic) bond motifs is 3. The summed E-state index contributed by atoms with van der Waals surface area (Å²) in [5.41, 5.74) is 7.05. The molecule has 0 spiro atoms. The Kier molecular flexibility index (Phi) is 9.73. The average Bonchev–Trinajstić information content (AvgIpc) is 3.74. The van der Waals surface area contributed by atoms with Crippen molar-refractivity contribution in [2.75, 3.05) is 0 Å². The number of hydrogen-bond acceptors (Lipinski definition) is 3. The average molecular weight is 856 g/mol. The number of imidazole rings is 1. The molecule has 0 fully saturated rings. The van der Waals surface area contributed by atoms with Crippen molar-refractivity contribution >= 4 is 21.8 Å². The van der Waals surface area contributed by atoms with Gasteiger partial charge >= 0.3 is 0 Å². The van der Waals surface area contributed by atoms with Gasteiger partial charge in [-0.15, -0.1) is 23.6 Å². The zero-order valence-electron chi connectivity index (χ0n) is 31.6. The zero-order valence-corrected chi connectivity index (χ0v) is 32.9. The molecule has 264 valence electrons. The fraction of sp³-hybridized carbons (Fsp3) is 0.295. The van der Waals surface area contributed by atoms with E-state index in [0.717, 1.165) is 51.7 Å². The summed E-state index contributed by atoms with van der Waals surface area (Å²) in [6.45, 7) is 17.5. The van der Waals surface area contributed by atoms with Gasteiger partial charge in [-0.05, 0) is 93.9 Å². The molecule has 7 aromatic rings. The normalized spacial score (nSPS) is 12.6. The number of nitrogens with zero attached hydrogens (tertiary/aromatic N) is 5.